The Balaban J connectivity index is 1.94. The summed E-state index contributed by atoms with van der Waals surface area (Å²) in [5, 5.41) is 3.65. The summed E-state index contributed by atoms with van der Waals surface area (Å²) < 4.78 is 0. The Morgan fingerprint density at radius 1 is 1.27 bits per heavy atom. The number of nitrogens with one attached hydrogen (secondary N) is 1. The van der Waals surface area contributed by atoms with Crippen LogP contribution in [0.15, 0.2) is 30.3 Å². The smallest absolute Gasteiger partial charge is 0.0238 e. The zero-order valence-electron chi connectivity index (χ0n) is 9.61. The van der Waals surface area contributed by atoms with Gasteiger partial charge in [0.05, 0.1) is 0 Å². The predicted octanol–water partition coefficient (Wildman–Crippen LogP) is 1.52. The summed E-state index contributed by atoms with van der Waals surface area (Å²) in [7, 11) is 2.20. The molecule has 1 aliphatic rings. The van der Waals surface area contributed by atoms with E-state index in [4.69, 9.17) is 0 Å². The number of hydrogen-bond acceptors (Lipinski definition) is 2. The average molecular weight is 204 g/mol. The monoisotopic (exact) mass is 204 g/mol. The number of benzene rings is 1. The molecule has 0 radical (unpaired) electrons. The Morgan fingerprint density at radius 3 is 2.67 bits per heavy atom. The van der Waals surface area contributed by atoms with Crippen molar-refractivity contribution in [3.8, 4) is 0 Å². The lowest BCUT2D eigenvalue weighted by Crippen LogP contribution is -2.54. The highest BCUT2D eigenvalue weighted by molar-refractivity contribution is 5.16. The minimum Gasteiger partial charge on any atom is -0.309 e. The average Bonchev–Trinajstić information content (AvgIpc) is 2.17. The molecule has 0 saturated carbocycles. The predicted molar refractivity (Wildman–Crippen MR) is 64.0 cm³/mol. The Hall–Kier alpha value is -0.860. The third-order valence-corrected chi connectivity index (χ3v) is 2.96. The number of piperazine rings is 1. The summed E-state index contributed by atoms with van der Waals surface area (Å²) in [5.74, 6) is 0. The molecule has 0 aromatic heterocycles. The van der Waals surface area contributed by atoms with E-state index in [9.17, 15) is 0 Å². The molecule has 0 amide bonds. The van der Waals surface area contributed by atoms with E-state index >= 15 is 0 Å². The van der Waals surface area contributed by atoms with E-state index in [1.807, 2.05) is 0 Å². The number of nitrogens with zero attached hydrogens (tertiary/aromatic N) is 1. The molecule has 2 nitrogen and oxygen atoms in total. The largest absolute Gasteiger partial charge is 0.309 e. The quantitative estimate of drug-likeness (QED) is 0.786. The lowest BCUT2D eigenvalue weighted by molar-refractivity contribution is 0.199. The summed E-state index contributed by atoms with van der Waals surface area (Å²) >= 11 is 0. The molecular weight excluding hydrogens is 184 g/mol. The normalized spacial score (nSPS) is 27.9. The first-order chi connectivity index (χ1) is 7.24. The third kappa shape index (κ3) is 3.05. The Bertz CT molecular complexity index is 287. The highest BCUT2D eigenvalue weighted by atomic mass is 15.2. The topological polar surface area (TPSA) is 15.3 Å². The second-order valence-corrected chi connectivity index (χ2v) is 4.68. The molecule has 82 valence electrons. The summed E-state index contributed by atoms with van der Waals surface area (Å²) in [4.78, 5) is 2.41. The number of rotatable bonds is 2. The SMILES string of the molecule is C[C@H]1CN(C)CC(Cc2ccccc2)N1. The molecule has 1 unspecified atom stereocenters. The van der Waals surface area contributed by atoms with Crippen LogP contribution in [0.5, 0.6) is 0 Å². The van der Waals surface area contributed by atoms with Gasteiger partial charge in [-0.05, 0) is 26.0 Å². The van der Waals surface area contributed by atoms with Crippen molar-refractivity contribution >= 4 is 0 Å². The Kier molecular flexibility index (Phi) is 3.39. The van der Waals surface area contributed by atoms with Crippen molar-refractivity contribution in [2.75, 3.05) is 20.1 Å². The van der Waals surface area contributed by atoms with Gasteiger partial charge in [0.1, 0.15) is 0 Å². The molecule has 0 spiro atoms. The van der Waals surface area contributed by atoms with Gasteiger partial charge in [-0.2, -0.15) is 0 Å². The molecule has 1 aromatic rings. The van der Waals surface area contributed by atoms with Crippen molar-refractivity contribution in [3.05, 3.63) is 35.9 Å². The van der Waals surface area contributed by atoms with E-state index in [1.165, 1.54) is 5.56 Å². The van der Waals surface area contributed by atoms with Crippen molar-refractivity contribution in [1.82, 2.24) is 10.2 Å². The van der Waals surface area contributed by atoms with Gasteiger partial charge in [-0.1, -0.05) is 30.3 Å². The van der Waals surface area contributed by atoms with Crippen LogP contribution >= 0.6 is 0 Å². The fourth-order valence-electron chi connectivity index (χ4n) is 2.45. The van der Waals surface area contributed by atoms with E-state index in [1.54, 1.807) is 0 Å². The molecule has 1 heterocycles. The number of hydrogen-bond donors (Lipinski definition) is 1. The van der Waals surface area contributed by atoms with Crippen LogP contribution in [0.3, 0.4) is 0 Å². The van der Waals surface area contributed by atoms with Gasteiger partial charge in [-0.3, -0.25) is 0 Å². The van der Waals surface area contributed by atoms with Crippen molar-refractivity contribution in [2.45, 2.75) is 25.4 Å². The lowest BCUT2D eigenvalue weighted by Gasteiger charge is -2.35. The van der Waals surface area contributed by atoms with E-state index in [2.05, 4.69) is 54.5 Å². The van der Waals surface area contributed by atoms with Gasteiger partial charge in [-0.15, -0.1) is 0 Å². The van der Waals surface area contributed by atoms with Crippen LogP contribution in [0.25, 0.3) is 0 Å². The van der Waals surface area contributed by atoms with Crippen LogP contribution in [-0.4, -0.2) is 37.1 Å². The maximum Gasteiger partial charge on any atom is 0.0238 e. The van der Waals surface area contributed by atoms with Crippen LogP contribution in [0.1, 0.15) is 12.5 Å². The molecule has 1 saturated heterocycles. The van der Waals surface area contributed by atoms with Gasteiger partial charge in [0.25, 0.3) is 0 Å². The van der Waals surface area contributed by atoms with Crippen molar-refractivity contribution in [1.29, 1.82) is 0 Å². The van der Waals surface area contributed by atoms with Gasteiger partial charge in [0, 0.05) is 25.2 Å². The van der Waals surface area contributed by atoms with E-state index in [0.717, 1.165) is 19.5 Å². The highest BCUT2D eigenvalue weighted by Gasteiger charge is 2.21. The maximum atomic E-state index is 3.65. The van der Waals surface area contributed by atoms with Crippen LogP contribution in [0.2, 0.25) is 0 Å². The fraction of sp³-hybridized carbons (Fsp3) is 0.538. The van der Waals surface area contributed by atoms with Crippen molar-refractivity contribution < 1.29 is 0 Å². The van der Waals surface area contributed by atoms with Gasteiger partial charge >= 0.3 is 0 Å². The molecule has 0 aliphatic carbocycles. The molecule has 15 heavy (non-hydrogen) atoms. The minimum absolute atomic E-state index is 0.598. The second-order valence-electron chi connectivity index (χ2n) is 4.68. The first kappa shape index (κ1) is 10.7. The standard InChI is InChI=1S/C13H20N2/c1-11-9-15(2)10-13(14-11)8-12-6-4-3-5-7-12/h3-7,11,13-14H,8-10H2,1-2H3/t11-,13?/m0/s1. The lowest BCUT2D eigenvalue weighted by atomic mass is 10.0. The fourth-order valence-corrected chi connectivity index (χ4v) is 2.45. The molecule has 2 atom stereocenters. The number of likely N-dealkylation sites (N-methyl/N-ethyl adjacent to an activating group) is 1. The van der Waals surface area contributed by atoms with Gasteiger partial charge in [-0.25, -0.2) is 0 Å². The molecule has 1 N–H and O–H groups in total. The Morgan fingerprint density at radius 2 is 2.00 bits per heavy atom. The summed E-state index contributed by atoms with van der Waals surface area (Å²) in [6.45, 7) is 4.57. The summed E-state index contributed by atoms with van der Waals surface area (Å²) in [5.41, 5.74) is 1.43. The van der Waals surface area contributed by atoms with Crippen molar-refractivity contribution in [3.63, 3.8) is 0 Å². The van der Waals surface area contributed by atoms with Crippen LogP contribution in [0, 0.1) is 0 Å². The minimum atomic E-state index is 0.598. The highest BCUT2D eigenvalue weighted by Crippen LogP contribution is 2.08. The summed E-state index contributed by atoms with van der Waals surface area (Å²) in [6, 6.07) is 11.9. The maximum absolute atomic E-state index is 3.65. The second kappa shape index (κ2) is 4.77. The molecule has 1 aliphatic heterocycles. The molecular formula is C13H20N2. The molecule has 1 aromatic carbocycles. The third-order valence-electron chi connectivity index (χ3n) is 2.96. The van der Waals surface area contributed by atoms with Crippen molar-refractivity contribution in [2.24, 2.45) is 0 Å². The first-order valence-corrected chi connectivity index (χ1v) is 5.72. The Labute approximate surface area is 92.3 Å². The molecule has 1 fully saturated rings. The molecule has 2 rings (SSSR count). The zero-order chi connectivity index (χ0) is 10.7. The van der Waals surface area contributed by atoms with Gasteiger partial charge < -0.3 is 10.2 Å². The molecule has 2 heteroatoms. The summed E-state index contributed by atoms with van der Waals surface area (Å²) in [6.07, 6.45) is 1.13. The zero-order valence-corrected chi connectivity index (χ0v) is 9.61. The molecule has 0 bridgehead atoms. The van der Waals surface area contributed by atoms with Crippen LogP contribution in [-0.2, 0) is 6.42 Å². The van der Waals surface area contributed by atoms with Gasteiger partial charge in [0.15, 0.2) is 0 Å². The van der Waals surface area contributed by atoms with E-state index in [-0.39, 0.29) is 0 Å². The van der Waals surface area contributed by atoms with E-state index < -0.39 is 0 Å². The van der Waals surface area contributed by atoms with E-state index in [0.29, 0.717) is 12.1 Å². The van der Waals surface area contributed by atoms with Gasteiger partial charge in [0.2, 0.25) is 0 Å². The first-order valence-electron chi connectivity index (χ1n) is 5.72. The van der Waals surface area contributed by atoms with Crippen LogP contribution in [0.4, 0.5) is 0 Å². The van der Waals surface area contributed by atoms with Crippen LogP contribution < -0.4 is 5.32 Å².